The van der Waals surface area contributed by atoms with E-state index in [0.717, 1.165) is 17.8 Å². The van der Waals surface area contributed by atoms with Crippen LogP contribution in [0.3, 0.4) is 0 Å². The normalized spacial score (nSPS) is 10.1. The van der Waals surface area contributed by atoms with Crippen LogP contribution < -0.4 is 5.32 Å². The van der Waals surface area contributed by atoms with Gasteiger partial charge in [0, 0.05) is 18.5 Å². The van der Waals surface area contributed by atoms with Crippen LogP contribution in [0, 0.1) is 12.7 Å². The Bertz CT molecular complexity index is 521. The van der Waals surface area contributed by atoms with E-state index in [9.17, 15) is 9.18 Å². The van der Waals surface area contributed by atoms with E-state index < -0.39 is 11.7 Å². The van der Waals surface area contributed by atoms with E-state index in [-0.39, 0.29) is 5.69 Å². The molecular formula is C11H10FN3O. The summed E-state index contributed by atoms with van der Waals surface area (Å²) < 4.78 is 12.7. The standard InChI is InChI=1S/C11H10FN3O/c1-7-2-3-13-10(4-7)15-11(16)9-5-8(12)6-14-9/h2-6,14H,1H3,(H,13,15,16). The van der Waals surface area contributed by atoms with Crippen LogP contribution >= 0.6 is 0 Å². The van der Waals surface area contributed by atoms with Gasteiger partial charge in [0.2, 0.25) is 0 Å². The molecule has 0 radical (unpaired) electrons. The van der Waals surface area contributed by atoms with Crippen LogP contribution in [0.15, 0.2) is 30.6 Å². The number of hydrogen-bond donors (Lipinski definition) is 2. The molecule has 0 saturated heterocycles. The second kappa shape index (κ2) is 4.14. The number of nitrogens with zero attached hydrogens (tertiary/aromatic N) is 1. The lowest BCUT2D eigenvalue weighted by atomic mass is 10.3. The molecule has 1 amide bonds. The quantitative estimate of drug-likeness (QED) is 0.812. The van der Waals surface area contributed by atoms with Crippen LogP contribution in [-0.4, -0.2) is 15.9 Å². The van der Waals surface area contributed by atoms with Crippen molar-refractivity contribution in [2.75, 3.05) is 5.32 Å². The number of aromatic nitrogens is 2. The summed E-state index contributed by atoms with van der Waals surface area (Å²) in [6.07, 6.45) is 2.72. The molecule has 2 heterocycles. The summed E-state index contributed by atoms with van der Waals surface area (Å²) in [6.45, 7) is 1.89. The van der Waals surface area contributed by atoms with Gasteiger partial charge in [-0.25, -0.2) is 9.37 Å². The van der Waals surface area contributed by atoms with Gasteiger partial charge < -0.3 is 10.3 Å². The van der Waals surface area contributed by atoms with Crippen molar-refractivity contribution >= 4 is 11.7 Å². The summed E-state index contributed by atoms with van der Waals surface area (Å²) in [5.41, 5.74) is 1.16. The summed E-state index contributed by atoms with van der Waals surface area (Å²) in [5, 5.41) is 2.56. The number of carbonyl (C=O) groups excluding carboxylic acids is 1. The van der Waals surface area contributed by atoms with Crippen molar-refractivity contribution in [2.24, 2.45) is 0 Å². The predicted octanol–water partition coefficient (Wildman–Crippen LogP) is 2.11. The third-order valence-corrected chi connectivity index (χ3v) is 2.05. The van der Waals surface area contributed by atoms with E-state index in [1.165, 1.54) is 0 Å². The average molecular weight is 219 g/mol. The van der Waals surface area contributed by atoms with Crippen molar-refractivity contribution in [1.29, 1.82) is 0 Å². The molecule has 2 N–H and O–H groups in total. The van der Waals surface area contributed by atoms with Gasteiger partial charge in [0.05, 0.1) is 0 Å². The van der Waals surface area contributed by atoms with Crippen molar-refractivity contribution in [1.82, 2.24) is 9.97 Å². The second-order valence-electron chi connectivity index (χ2n) is 3.40. The lowest BCUT2D eigenvalue weighted by Gasteiger charge is -2.02. The lowest BCUT2D eigenvalue weighted by molar-refractivity contribution is 0.102. The third-order valence-electron chi connectivity index (χ3n) is 2.05. The fourth-order valence-electron chi connectivity index (χ4n) is 1.29. The highest BCUT2D eigenvalue weighted by atomic mass is 19.1. The van der Waals surface area contributed by atoms with Gasteiger partial charge in [-0.05, 0) is 24.6 Å². The zero-order valence-corrected chi connectivity index (χ0v) is 8.62. The Morgan fingerprint density at radius 3 is 2.94 bits per heavy atom. The van der Waals surface area contributed by atoms with Crippen molar-refractivity contribution < 1.29 is 9.18 Å². The van der Waals surface area contributed by atoms with Crippen LogP contribution in [0.1, 0.15) is 16.1 Å². The molecule has 0 unspecified atom stereocenters. The number of hydrogen-bond acceptors (Lipinski definition) is 2. The molecule has 0 saturated carbocycles. The van der Waals surface area contributed by atoms with Gasteiger partial charge in [-0.1, -0.05) is 0 Å². The van der Waals surface area contributed by atoms with E-state index in [2.05, 4.69) is 15.3 Å². The van der Waals surface area contributed by atoms with E-state index in [1.807, 2.05) is 13.0 Å². The van der Waals surface area contributed by atoms with Crippen molar-refractivity contribution in [3.8, 4) is 0 Å². The van der Waals surface area contributed by atoms with E-state index in [4.69, 9.17) is 0 Å². The van der Waals surface area contributed by atoms with Gasteiger partial charge in [0.25, 0.3) is 5.91 Å². The molecule has 2 rings (SSSR count). The first-order chi connectivity index (χ1) is 7.65. The molecule has 0 atom stereocenters. The fourth-order valence-corrected chi connectivity index (χ4v) is 1.29. The largest absolute Gasteiger partial charge is 0.355 e. The Labute approximate surface area is 91.5 Å². The Morgan fingerprint density at radius 2 is 2.31 bits per heavy atom. The Morgan fingerprint density at radius 1 is 1.50 bits per heavy atom. The maximum absolute atomic E-state index is 12.7. The van der Waals surface area contributed by atoms with Gasteiger partial charge in [-0.2, -0.15) is 0 Å². The first kappa shape index (κ1) is 10.4. The second-order valence-corrected chi connectivity index (χ2v) is 3.40. The number of halogens is 1. The minimum Gasteiger partial charge on any atom is -0.355 e. The molecule has 0 aliphatic heterocycles. The van der Waals surface area contributed by atoms with Gasteiger partial charge in [-0.3, -0.25) is 4.79 Å². The number of pyridine rings is 1. The van der Waals surface area contributed by atoms with Crippen LogP contribution in [0.2, 0.25) is 0 Å². The van der Waals surface area contributed by atoms with Gasteiger partial charge in [0.1, 0.15) is 17.3 Å². The molecule has 2 aromatic heterocycles. The maximum Gasteiger partial charge on any atom is 0.273 e. The highest BCUT2D eigenvalue weighted by Crippen LogP contribution is 2.08. The van der Waals surface area contributed by atoms with Gasteiger partial charge in [-0.15, -0.1) is 0 Å². The minimum absolute atomic E-state index is 0.167. The SMILES string of the molecule is Cc1ccnc(NC(=O)c2cc(F)c[nH]2)c1. The van der Waals surface area contributed by atoms with Gasteiger partial charge >= 0.3 is 0 Å². The van der Waals surface area contributed by atoms with Crippen molar-refractivity contribution in [3.63, 3.8) is 0 Å². The molecule has 0 aliphatic rings. The van der Waals surface area contributed by atoms with Crippen LogP contribution in [-0.2, 0) is 0 Å². The van der Waals surface area contributed by atoms with Crippen LogP contribution in [0.5, 0.6) is 0 Å². The molecule has 0 bridgehead atoms. The highest BCUT2D eigenvalue weighted by Gasteiger charge is 2.09. The number of anilines is 1. The van der Waals surface area contributed by atoms with E-state index in [0.29, 0.717) is 5.82 Å². The molecule has 82 valence electrons. The molecule has 0 fully saturated rings. The summed E-state index contributed by atoms with van der Waals surface area (Å²) in [6, 6.07) is 4.69. The molecule has 2 aromatic rings. The number of carbonyl (C=O) groups is 1. The maximum atomic E-state index is 12.7. The molecule has 5 heteroatoms. The number of amides is 1. The number of aromatic amines is 1. The van der Waals surface area contributed by atoms with Gasteiger partial charge in [0.15, 0.2) is 0 Å². The first-order valence-corrected chi connectivity index (χ1v) is 4.73. The van der Waals surface area contributed by atoms with Crippen LogP contribution in [0.25, 0.3) is 0 Å². The molecular weight excluding hydrogens is 209 g/mol. The number of rotatable bonds is 2. The molecule has 0 aromatic carbocycles. The molecule has 0 aliphatic carbocycles. The highest BCUT2D eigenvalue weighted by molar-refractivity contribution is 6.02. The number of nitrogens with one attached hydrogen (secondary N) is 2. The zero-order chi connectivity index (χ0) is 11.5. The summed E-state index contributed by atoms with van der Waals surface area (Å²) >= 11 is 0. The minimum atomic E-state index is -0.470. The summed E-state index contributed by atoms with van der Waals surface area (Å²) in [7, 11) is 0. The fraction of sp³-hybridized carbons (Fsp3) is 0.0909. The predicted molar refractivity (Wildman–Crippen MR) is 57.7 cm³/mol. The lowest BCUT2D eigenvalue weighted by Crippen LogP contribution is -2.13. The Hall–Kier alpha value is -2.17. The van der Waals surface area contributed by atoms with Crippen molar-refractivity contribution in [3.05, 3.63) is 47.7 Å². The molecule has 16 heavy (non-hydrogen) atoms. The topological polar surface area (TPSA) is 57.8 Å². The monoisotopic (exact) mass is 219 g/mol. The third kappa shape index (κ3) is 2.25. The van der Waals surface area contributed by atoms with E-state index >= 15 is 0 Å². The summed E-state index contributed by atoms with van der Waals surface area (Å²) in [4.78, 5) is 18.1. The molecule has 4 nitrogen and oxygen atoms in total. The van der Waals surface area contributed by atoms with Crippen molar-refractivity contribution in [2.45, 2.75) is 6.92 Å². The Balaban J connectivity index is 2.13. The number of H-pyrrole nitrogens is 1. The molecule has 0 spiro atoms. The summed E-state index contributed by atoms with van der Waals surface area (Å²) in [5.74, 6) is -0.440. The number of aryl methyl sites for hydroxylation is 1. The average Bonchev–Trinajstić information content (AvgIpc) is 2.65. The Kier molecular flexibility index (Phi) is 2.68. The first-order valence-electron chi connectivity index (χ1n) is 4.73. The zero-order valence-electron chi connectivity index (χ0n) is 8.62. The van der Waals surface area contributed by atoms with Crippen LogP contribution in [0.4, 0.5) is 10.2 Å². The van der Waals surface area contributed by atoms with E-state index in [1.54, 1.807) is 12.3 Å². The smallest absolute Gasteiger partial charge is 0.273 e.